The van der Waals surface area contributed by atoms with Gasteiger partial charge in [0.2, 0.25) is 0 Å². The highest BCUT2D eigenvalue weighted by Gasteiger charge is 2.52. The number of rotatable bonds is 7. The number of methoxy groups -OCH3 is 1. The number of thioether (sulfide) groups is 1. The van der Waals surface area contributed by atoms with Gasteiger partial charge in [0.05, 0.1) is 12.6 Å². The van der Waals surface area contributed by atoms with Crippen molar-refractivity contribution in [1.82, 2.24) is 25.7 Å². The van der Waals surface area contributed by atoms with Crippen LogP contribution in [0.25, 0.3) is 5.82 Å². The van der Waals surface area contributed by atoms with Crippen LogP contribution in [0.1, 0.15) is 0 Å². The van der Waals surface area contributed by atoms with Crippen LogP contribution in [-0.4, -0.2) is 72.8 Å². The van der Waals surface area contributed by atoms with Gasteiger partial charge in [-0.3, -0.25) is 4.79 Å². The van der Waals surface area contributed by atoms with Gasteiger partial charge < -0.3 is 35.9 Å². The summed E-state index contributed by atoms with van der Waals surface area (Å²) in [7, 11) is 3.22. The van der Waals surface area contributed by atoms with Crippen molar-refractivity contribution >= 4 is 51.0 Å². The molecule has 5 unspecified atom stereocenters. The molecule has 174 valence electrons. The van der Waals surface area contributed by atoms with Crippen molar-refractivity contribution in [3.63, 3.8) is 0 Å². The lowest BCUT2D eigenvalue weighted by molar-refractivity contribution is -0.258. The molecule has 32 heavy (non-hydrogen) atoms. The van der Waals surface area contributed by atoms with Gasteiger partial charge in [0, 0.05) is 42.5 Å². The zero-order chi connectivity index (χ0) is 22.8. The number of ether oxygens (including phenoxy) is 3. The minimum absolute atomic E-state index is 0.0989. The molecular formula is C19H24BrClN6O4S. The first-order chi connectivity index (χ1) is 15.4. The Morgan fingerprint density at radius 1 is 1.56 bits per heavy atom. The molecule has 13 heteroatoms. The first-order valence-electron chi connectivity index (χ1n) is 9.87. The standard InChI is InChI=1S/C19H24BrClN6O4S/c1-23-18(28)14-11(5-9(20)6-24-14)32-19-17(29-2)15(16-10(31-19)8-30-16)25-7-13(22)27-4-3-12(21)26-27/h3-5,7,10,15-17,19,24-25H,6,8,22H2,1-2H3,(H,23,28)/b13-7+. The Labute approximate surface area is 203 Å². The third-order valence-corrected chi connectivity index (χ3v) is 7.19. The molecule has 2 saturated heterocycles. The Balaban J connectivity index is 1.55. The number of nitrogens with one attached hydrogen (secondary N) is 3. The number of fused-ring (bicyclic) bond motifs is 1. The predicted molar refractivity (Wildman–Crippen MR) is 126 cm³/mol. The Kier molecular flexibility index (Phi) is 7.37. The van der Waals surface area contributed by atoms with Crippen molar-refractivity contribution in [3.8, 4) is 0 Å². The molecule has 1 amide bonds. The summed E-state index contributed by atoms with van der Waals surface area (Å²) < 4.78 is 20.2. The van der Waals surface area contributed by atoms with Gasteiger partial charge >= 0.3 is 0 Å². The number of halogens is 2. The summed E-state index contributed by atoms with van der Waals surface area (Å²) >= 11 is 10.8. The lowest BCUT2D eigenvalue weighted by Crippen LogP contribution is -2.68. The van der Waals surface area contributed by atoms with Crippen LogP contribution in [-0.2, 0) is 19.0 Å². The normalized spacial score (nSPS) is 30.1. The summed E-state index contributed by atoms with van der Waals surface area (Å²) in [4.78, 5) is 13.1. The molecule has 2 fully saturated rings. The molecule has 0 bridgehead atoms. The number of hydrogen-bond acceptors (Lipinski definition) is 9. The number of allylic oxidation sites excluding steroid dienone is 1. The zero-order valence-corrected chi connectivity index (χ0v) is 20.5. The summed E-state index contributed by atoms with van der Waals surface area (Å²) in [6.07, 6.45) is 4.56. The topological polar surface area (TPSA) is 125 Å². The van der Waals surface area contributed by atoms with Crippen molar-refractivity contribution < 1.29 is 19.0 Å². The number of nitrogens with zero attached hydrogens (tertiary/aromatic N) is 2. The van der Waals surface area contributed by atoms with Gasteiger partial charge in [0.15, 0.2) is 5.15 Å². The molecule has 0 aromatic carbocycles. The minimum atomic E-state index is -0.389. The van der Waals surface area contributed by atoms with E-state index in [4.69, 9.17) is 31.5 Å². The molecular weight excluding hydrogens is 524 g/mol. The SMILES string of the molecule is CNC(=O)C1=C(SC2OC3COC3C(N/C=C(\N)n3ccc(Cl)n3)C2OC)C=C(Br)CN1. The molecule has 4 rings (SSSR count). The number of carbonyl (C=O) groups excluding carboxylic acids is 1. The van der Waals surface area contributed by atoms with Crippen LogP contribution in [0.15, 0.2) is 39.6 Å². The first kappa shape index (κ1) is 23.5. The maximum Gasteiger partial charge on any atom is 0.268 e. The van der Waals surface area contributed by atoms with Crippen molar-refractivity contribution in [3.05, 3.63) is 44.8 Å². The van der Waals surface area contributed by atoms with Crippen LogP contribution < -0.4 is 21.7 Å². The van der Waals surface area contributed by atoms with E-state index in [-0.39, 0.29) is 35.7 Å². The van der Waals surface area contributed by atoms with Crippen molar-refractivity contribution in [1.29, 1.82) is 0 Å². The second kappa shape index (κ2) is 10.1. The summed E-state index contributed by atoms with van der Waals surface area (Å²) in [5.74, 6) is 0.174. The summed E-state index contributed by atoms with van der Waals surface area (Å²) in [5.41, 5.74) is 6.24. The van der Waals surface area contributed by atoms with E-state index in [0.29, 0.717) is 29.8 Å². The lowest BCUT2D eigenvalue weighted by atomic mass is 9.93. The van der Waals surface area contributed by atoms with Gasteiger partial charge in [-0.15, -0.1) is 0 Å². The number of amides is 1. The van der Waals surface area contributed by atoms with Crippen LogP contribution >= 0.6 is 39.3 Å². The Morgan fingerprint density at radius 2 is 2.38 bits per heavy atom. The van der Waals surface area contributed by atoms with E-state index in [1.807, 2.05) is 6.08 Å². The maximum atomic E-state index is 12.3. The van der Waals surface area contributed by atoms with Gasteiger partial charge in [-0.25, -0.2) is 4.68 Å². The molecule has 3 aliphatic rings. The zero-order valence-electron chi connectivity index (χ0n) is 17.4. The smallest absolute Gasteiger partial charge is 0.268 e. The molecule has 10 nitrogen and oxygen atoms in total. The van der Waals surface area contributed by atoms with E-state index >= 15 is 0 Å². The number of hydrogen-bond donors (Lipinski definition) is 4. The third kappa shape index (κ3) is 4.80. The van der Waals surface area contributed by atoms with E-state index in [2.05, 4.69) is 37.0 Å². The average Bonchev–Trinajstić information content (AvgIpc) is 3.20. The Morgan fingerprint density at radius 3 is 3.00 bits per heavy atom. The van der Waals surface area contributed by atoms with Gasteiger partial charge in [0.1, 0.15) is 35.3 Å². The fourth-order valence-electron chi connectivity index (χ4n) is 3.64. The van der Waals surface area contributed by atoms with Crippen molar-refractivity contribution in [2.45, 2.75) is 29.8 Å². The van der Waals surface area contributed by atoms with Crippen molar-refractivity contribution in [2.75, 3.05) is 27.3 Å². The van der Waals surface area contributed by atoms with Crippen LogP contribution in [0, 0.1) is 0 Å². The second-order valence-electron chi connectivity index (χ2n) is 7.27. The van der Waals surface area contributed by atoms with Crippen LogP contribution in [0.3, 0.4) is 0 Å². The summed E-state index contributed by atoms with van der Waals surface area (Å²) in [5, 5.41) is 13.6. The lowest BCUT2D eigenvalue weighted by Gasteiger charge is -2.51. The van der Waals surface area contributed by atoms with Crippen LogP contribution in [0.4, 0.5) is 0 Å². The largest absolute Gasteiger partial charge is 0.382 e. The number of aromatic nitrogens is 2. The quantitative estimate of drug-likeness (QED) is 0.394. The van der Waals surface area contributed by atoms with E-state index in [1.54, 1.807) is 32.6 Å². The second-order valence-corrected chi connectivity index (χ2v) is 9.81. The molecule has 5 N–H and O–H groups in total. The molecule has 0 spiro atoms. The number of likely N-dealkylation sites (N-methyl/N-ethyl adjacent to an activating group) is 1. The molecule has 0 aliphatic carbocycles. The van der Waals surface area contributed by atoms with E-state index in [0.717, 1.165) is 9.39 Å². The van der Waals surface area contributed by atoms with Gasteiger partial charge in [0.25, 0.3) is 5.91 Å². The van der Waals surface area contributed by atoms with Gasteiger partial charge in [-0.1, -0.05) is 39.3 Å². The summed E-state index contributed by atoms with van der Waals surface area (Å²) in [6.45, 7) is 1.03. The number of carbonyl (C=O) groups is 1. The van der Waals surface area contributed by atoms with Crippen LogP contribution in [0.2, 0.25) is 5.15 Å². The third-order valence-electron chi connectivity index (χ3n) is 5.29. The molecule has 4 heterocycles. The minimum Gasteiger partial charge on any atom is -0.382 e. The number of dihydropyridines is 1. The predicted octanol–water partition coefficient (Wildman–Crippen LogP) is 0.921. The molecule has 1 aromatic heterocycles. The van der Waals surface area contributed by atoms with Gasteiger partial charge in [-0.2, -0.15) is 5.10 Å². The number of nitrogens with two attached hydrogens (primary N) is 1. The fraction of sp³-hybridized carbons (Fsp3) is 0.474. The fourth-order valence-corrected chi connectivity index (χ4v) is 5.65. The van der Waals surface area contributed by atoms with Crippen molar-refractivity contribution in [2.24, 2.45) is 5.73 Å². The Hall–Kier alpha value is -1.70. The molecule has 0 saturated carbocycles. The molecule has 0 radical (unpaired) electrons. The Bertz CT molecular complexity index is 969. The van der Waals surface area contributed by atoms with E-state index < -0.39 is 0 Å². The molecule has 1 aromatic rings. The van der Waals surface area contributed by atoms with E-state index in [1.165, 1.54) is 16.4 Å². The van der Waals surface area contributed by atoms with Crippen LogP contribution in [0.5, 0.6) is 0 Å². The highest BCUT2D eigenvalue weighted by atomic mass is 79.9. The first-order valence-corrected chi connectivity index (χ1v) is 11.9. The summed E-state index contributed by atoms with van der Waals surface area (Å²) in [6, 6.07) is 1.41. The average molecular weight is 548 g/mol. The maximum absolute atomic E-state index is 12.3. The highest BCUT2D eigenvalue weighted by molar-refractivity contribution is 9.11. The monoisotopic (exact) mass is 546 g/mol. The van der Waals surface area contributed by atoms with Gasteiger partial charge in [-0.05, 0) is 12.1 Å². The molecule has 5 atom stereocenters. The van der Waals surface area contributed by atoms with E-state index in [9.17, 15) is 4.79 Å². The highest BCUT2D eigenvalue weighted by Crippen LogP contribution is 2.40. The molecule has 3 aliphatic heterocycles.